The largest absolute Gasteiger partial charge is 0.593 e. The number of anilines is 1. The maximum Gasteiger partial charge on any atom is 0.340 e. The van der Waals surface area contributed by atoms with Crippen molar-refractivity contribution in [1.82, 2.24) is 0 Å². The Morgan fingerprint density at radius 3 is 2.88 bits per heavy atom. The van der Waals surface area contributed by atoms with E-state index in [1.54, 1.807) is 10.4 Å². The van der Waals surface area contributed by atoms with E-state index in [1.807, 2.05) is 19.1 Å². The molecular weight excluding hydrogens is 238 g/mol. The molecule has 1 aromatic carbocycles. The lowest BCUT2D eigenvalue weighted by Crippen LogP contribution is -2.27. The minimum absolute atomic E-state index is 0.382. The van der Waals surface area contributed by atoms with Crippen LogP contribution in [0.4, 0.5) is 5.69 Å². The molecule has 0 amide bonds. The van der Waals surface area contributed by atoms with Gasteiger partial charge in [0.2, 0.25) is 0 Å². The summed E-state index contributed by atoms with van der Waals surface area (Å²) in [5.74, 6) is 0.279. The van der Waals surface area contributed by atoms with Crippen molar-refractivity contribution in [3.8, 4) is 0 Å². The summed E-state index contributed by atoms with van der Waals surface area (Å²) in [5, 5.41) is 0. The molecule has 1 heterocycles. The van der Waals surface area contributed by atoms with Gasteiger partial charge >= 0.3 is 5.97 Å². The highest BCUT2D eigenvalue weighted by atomic mass is 32.2. The number of hydrogen-bond acceptors (Lipinski definition) is 4. The van der Waals surface area contributed by atoms with Crippen LogP contribution >= 0.6 is 0 Å². The van der Waals surface area contributed by atoms with Crippen LogP contribution < -0.4 is 4.31 Å². The van der Waals surface area contributed by atoms with Crippen molar-refractivity contribution in [2.45, 2.75) is 13.3 Å². The second kappa shape index (κ2) is 4.98. The molecule has 1 fully saturated rings. The van der Waals surface area contributed by atoms with Crippen LogP contribution in [0, 0.1) is 6.92 Å². The van der Waals surface area contributed by atoms with Crippen LogP contribution in [0.3, 0.4) is 0 Å². The molecule has 0 radical (unpaired) electrons. The topological polar surface area (TPSA) is 52.6 Å². The van der Waals surface area contributed by atoms with Crippen LogP contribution in [0.2, 0.25) is 0 Å². The smallest absolute Gasteiger partial charge is 0.340 e. The fourth-order valence-corrected chi connectivity index (χ4v) is 3.22. The molecule has 1 unspecified atom stereocenters. The normalized spacial score (nSPS) is 19.5. The maximum absolute atomic E-state index is 11.8. The number of esters is 1. The van der Waals surface area contributed by atoms with Crippen molar-refractivity contribution in [2.75, 3.05) is 23.7 Å². The predicted octanol–water partition coefficient (Wildman–Crippen LogP) is 1.66. The summed E-state index contributed by atoms with van der Waals surface area (Å²) in [6, 6.07) is 5.53. The zero-order valence-electron chi connectivity index (χ0n) is 9.93. The molecule has 4 nitrogen and oxygen atoms in total. The van der Waals surface area contributed by atoms with Crippen molar-refractivity contribution in [3.05, 3.63) is 29.3 Å². The van der Waals surface area contributed by atoms with Crippen LogP contribution in [0.25, 0.3) is 0 Å². The Morgan fingerprint density at radius 2 is 2.29 bits per heavy atom. The quantitative estimate of drug-likeness (QED) is 0.594. The van der Waals surface area contributed by atoms with Crippen molar-refractivity contribution in [2.24, 2.45) is 0 Å². The first kappa shape index (κ1) is 12.3. The van der Waals surface area contributed by atoms with Crippen LogP contribution in [-0.2, 0) is 16.1 Å². The first-order chi connectivity index (χ1) is 8.13. The minimum Gasteiger partial charge on any atom is -0.593 e. The monoisotopic (exact) mass is 253 g/mol. The third-order valence-electron chi connectivity index (χ3n) is 2.75. The number of aryl methyl sites for hydroxylation is 1. The molecule has 2 rings (SSSR count). The van der Waals surface area contributed by atoms with E-state index in [4.69, 9.17) is 4.74 Å². The summed E-state index contributed by atoms with van der Waals surface area (Å²) in [4.78, 5) is 11.7. The van der Waals surface area contributed by atoms with E-state index in [0.29, 0.717) is 17.0 Å². The van der Waals surface area contributed by atoms with Gasteiger partial charge < -0.3 is 9.29 Å². The fourth-order valence-electron chi connectivity index (χ4n) is 1.91. The molecule has 0 saturated carbocycles. The average molecular weight is 253 g/mol. The van der Waals surface area contributed by atoms with E-state index in [2.05, 4.69) is 0 Å². The molecule has 0 spiro atoms. The lowest BCUT2D eigenvalue weighted by Gasteiger charge is -2.20. The van der Waals surface area contributed by atoms with Crippen LogP contribution in [0.1, 0.15) is 22.3 Å². The molecule has 0 aliphatic carbocycles. The third kappa shape index (κ3) is 2.40. The minimum atomic E-state index is -1.02. The lowest BCUT2D eigenvalue weighted by atomic mass is 10.1. The molecule has 92 valence electrons. The van der Waals surface area contributed by atoms with E-state index in [9.17, 15) is 9.35 Å². The number of ether oxygens (including phenoxy) is 1. The van der Waals surface area contributed by atoms with Gasteiger partial charge in [0.15, 0.2) is 0 Å². The van der Waals surface area contributed by atoms with Gasteiger partial charge in [-0.15, -0.1) is 0 Å². The van der Waals surface area contributed by atoms with Crippen molar-refractivity contribution in [3.63, 3.8) is 0 Å². The van der Waals surface area contributed by atoms with E-state index >= 15 is 0 Å². The van der Waals surface area contributed by atoms with Gasteiger partial charge in [-0.3, -0.25) is 0 Å². The van der Waals surface area contributed by atoms with E-state index in [1.165, 1.54) is 7.11 Å². The van der Waals surface area contributed by atoms with E-state index in [0.717, 1.165) is 18.5 Å². The van der Waals surface area contributed by atoms with Gasteiger partial charge in [0.25, 0.3) is 0 Å². The SMILES string of the molecule is COC(=O)c1cc(C)ccc1N1CCC[S+]1[O-]. The third-order valence-corrected chi connectivity index (χ3v) is 4.26. The fraction of sp³-hybridized carbons (Fsp3) is 0.417. The number of hydrogen-bond donors (Lipinski definition) is 0. The Bertz CT molecular complexity index is 436. The Morgan fingerprint density at radius 1 is 1.53 bits per heavy atom. The molecule has 0 N–H and O–H groups in total. The lowest BCUT2D eigenvalue weighted by molar-refractivity contribution is 0.0601. The number of methoxy groups -OCH3 is 1. The van der Waals surface area contributed by atoms with Gasteiger partial charge in [-0.25, -0.2) is 4.79 Å². The molecule has 1 aliphatic heterocycles. The summed E-state index contributed by atoms with van der Waals surface area (Å²) >= 11 is -1.02. The Labute approximate surface area is 104 Å². The van der Waals surface area contributed by atoms with Crippen molar-refractivity contribution in [1.29, 1.82) is 0 Å². The van der Waals surface area contributed by atoms with E-state index in [-0.39, 0.29) is 5.97 Å². The molecule has 0 aromatic heterocycles. The second-order valence-corrected chi connectivity index (χ2v) is 5.49. The molecule has 1 aromatic rings. The molecule has 1 aliphatic rings. The van der Waals surface area contributed by atoms with Crippen molar-refractivity contribution < 1.29 is 14.1 Å². The molecule has 1 atom stereocenters. The first-order valence-electron chi connectivity index (χ1n) is 5.48. The van der Waals surface area contributed by atoms with E-state index < -0.39 is 11.4 Å². The van der Waals surface area contributed by atoms with Gasteiger partial charge in [0.1, 0.15) is 5.75 Å². The van der Waals surface area contributed by atoms with Gasteiger partial charge in [0, 0.05) is 6.42 Å². The zero-order valence-corrected chi connectivity index (χ0v) is 10.8. The summed E-state index contributed by atoms with van der Waals surface area (Å²) in [7, 11) is 1.36. The Hall–Kier alpha value is -1.20. The second-order valence-electron chi connectivity index (χ2n) is 3.99. The van der Waals surface area contributed by atoms with Crippen molar-refractivity contribution >= 4 is 23.0 Å². The summed E-state index contributed by atoms with van der Waals surface area (Å²) in [6.07, 6.45) is 0.890. The summed E-state index contributed by atoms with van der Waals surface area (Å²) in [5.41, 5.74) is 2.18. The van der Waals surface area contributed by atoms with Crippen LogP contribution in [0.15, 0.2) is 18.2 Å². The molecular formula is C12H15NO3S. The number of nitrogens with zero attached hydrogens (tertiary/aromatic N) is 1. The van der Waals surface area contributed by atoms with Crippen LogP contribution in [-0.4, -0.2) is 29.9 Å². The average Bonchev–Trinajstić information content (AvgIpc) is 2.74. The van der Waals surface area contributed by atoms with Gasteiger partial charge in [-0.1, -0.05) is 11.6 Å². The van der Waals surface area contributed by atoms with Gasteiger partial charge in [0.05, 0.1) is 36.3 Å². The molecule has 5 heteroatoms. The number of benzene rings is 1. The van der Waals surface area contributed by atoms with Gasteiger partial charge in [-0.2, -0.15) is 4.31 Å². The standard InChI is InChI=1S/C12H15NO3S/c1-9-4-5-11(10(8-9)12(14)16-2)13-6-3-7-17(13)15/h4-5,8H,3,6-7H2,1-2H3. The number of carbonyl (C=O) groups is 1. The number of carbonyl (C=O) groups excluding carboxylic acids is 1. The molecule has 17 heavy (non-hydrogen) atoms. The highest BCUT2D eigenvalue weighted by Gasteiger charge is 2.30. The highest BCUT2D eigenvalue weighted by molar-refractivity contribution is 7.93. The summed E-state index contributed by atoms with van der Waals surface area (Å²) < 4.78 is 18.3. The zero-order chi connectivity index (χ0) is 12.4. The van der Waals surface area contributed by atoms with Crippen LogP contribution in [0.5, 0.6) is 0 Å². The molecule has 0 bridgehead atoms. The summed E-state index contributed by atoms with van der Waals surface area (Å²) in [6.45, 7) is 2.64. The Balaban J connectivity index is 2.42. The maximum atomic E-state index is 11.8. The first-order valence-corrected chi connectivity index (χ1v) is 6.76. The number of rotatable bonds is 2. The molecule has 1 saturated heterocycles. The predicted molar refractivity (Wildman–Crippen MR) is 67.5 cm³/mol. The highest BCUT2D eigenvalue weighted by Crippen LogP contribution is 2.28. The van der Waals surface area contributed by atoms with Gasteiger partial charge in [-0.05, 0) is 19.1 Å². The Kier molecular flexibility index (Phi) is 3.59.